The molecule has 0 spiro atoms. The zero-order valence-electron chi connectivity index (χ0n) is 14.3. The highest BCUT2D eigenvalue weighted by Crippen LogP contribution is 2.14. The van der Waals surface area contributed by atoms with Crippen LogP contribution in [0, 0.1) is 0 Å². The summed E-state index contributed by atoms with van der Waals surface area (Å²) < 4.78 is 10.1. The van der Waals surface area contributed by atoms with Gasteiger partial charge in [-0.1, -0.05) is 12.1 Å². The van der Waals surface area contributed by atoms with E-state index in [2.05, 4.69) is 5.32 Å². The molecule has 1 atom stereocenters. The van der Waals surface area contributed by atoms with Crippen molar-refractivity contribution in [3.8, 4) is 5.75 Å². The summed E-state index contributed by atoms with van der Waals surface area (Å²) in [4.78, 5) is 25.6. The lowest BCUT2D eigenvalue weighted by atomic mass is 10.1. The van der Waals surface area contributed by atoms with Crippen LogP contribution in [-0.2, 0) is 20.9 Å². The molecule has 0 saturated carbocycles. The number of rotatable bonds is 9. The van der Waals surface area contributed by atoms with Crippen LogP contribution >= 0.6 is 0 Å². The maximum atomic E-state index is 12.2. The quantitative estimate of drug-likeness (QED) is 0.701. The van der Waals surface area contributed by atoms with Crippen molar-refractivity contribution in [1.82, 2.24) is 10.2 Å². The van der Waals surface area contributed by atoms with E-state index >= 15 is 0 Å². The molecule has 6 heteroatoms. The molecule has 0 heterocycles. The molecular formula is C17H26N2O4. The molecular weight excluding hydrogens is 296 g/mol. The molecule has 0 bridgehead atoms. The van der Waals surface area contributed by atoms with E-state index in [9.17, 15) is 9.59 Å². The van der Waals surface area contributed by atoms with Crippen molar-refractivity contribution < 1.29 is 19.1 Å². The molecule has 0 saturated heterocycles. The van der Waals surface area contributed by atoms with Crippen molar-refractivity contribution >= 4 is 11.8 Å². The van der Waals surface area contributed by atoms with Gasteiger partial charge in [-0.25, -0.2) is 0 Å². The number of nitrogens with zero attached hydrogens (tertiary/aromatic N) is 1. The van der Waals surface area contributed by atoms with E-state index in [4.69, 9.17) is 9.47 Å². The summed E-state index contributed by atoms with van der Waals surface area (Å²) in [6.07, 6.45) is 0.744. The van der Waals surface area contributed by atoms with Crippen molar-refractivity contribution in [3.05, 3.63) is 29.8 Å². The predicted octanol–water partition coefficient (Wildman–Crippen LogP) is 1.58. The topological polar surface area (TPSA) is 67.9 Å². The number of carbonyl (C=O) groups is 2. The van der Waals surface area contributed by atoms with Crippen LogP contribution in [-0.4, -0.2) is 50.1 Å². The van der Waals surface area contributed by atoms with Gasteiger partial charge >= 0.3 is 0 Å². The molecule has 0 aromatic heterocycles. The number of amides is 2. The molecule has 1 aromatic carbocycles. The van der Waals surface area contributed by atoms with Crippen LogP contribution in [0.25, 0.3) is 0 Å². The van der Waals surface area contributed by atoms with Crippen molar-refractivity contribution in [3.63, 3.8) is 0 Å². The van der Waals surface area contributed by atoms with Gasteiger partial charge in [0.15, 0.2) is 0 Å². The molecule has 23 heavy (non-hydrogen) atoms. The van der Waals surface area contributed by atoms with Crippen LogP contribution in [0.4, 0.5) is 0 Å². The molecule has 1 N–H and O–H groups in total. The van der Waals surface area contributed by atoms with Gasteiger partial charge in [-0.15, -0.1) is 0 Å². The van der Waals surface area contributed by atoms with Gasteiger partial charge in [-0.2, -0.15) is 0 Å². The third-order valence-corrected chi connectivity index (χ3v) is 3.59. The first-order chi connectivity index (χ1) is 11.0. The van der Waals surface area contributed by atoms with E-state index in [0.717, 1.165) is 17.7 Å². The molecule has 0 aliphatic heterocycles. The summed E-state index contributed by atoms with van der Waals surface area (Å²) in [6.45, 7) is 4.71. The molecule has 0 aliphatic rings. The Morgan fingerprint density at radius 3 is 2.39 bits per heavy atom. The number of hydrogen-bond acceptors (Lipinski definition) is 4. The number of ether oxygens (including phenoxy) is 2. The molecule has 0 fully saturated rings. The minimum Gasteiger partial charge on any atom is -0.497 e. The van der Waals surface area contributed by atoms with Crippen LogP contribution < -0.4 is 10.1 Å². The fourth-order valence-electron chi connectivity index (χ4n) is 2.17. The Morgan fingerprint density at radius 2 is 1.87 bits per heavy atom. The second kappa shape index (κ2) is 9.84. The van der Waals surface area contributed by atoms with Gasteiger partial charge in [0.05, 0.1) is 7.11 Å². The Hall–Kier alpha value is -2.08. The molecule has 1 rings (SSSR count). The zero-order valence-corrected chi connectivity index (χ0v) is 14.3. The Labute approximate surface area is 137 Å². The van der Waals surface area contributed by atoms with Crippen molar-refractivity contribution in [2.75, 3.05) is 27.4 Å². The lowest BCUT2D eigenvalue weighted by molar-refractivity contribution is -0.139. The molecule has 0 radical (unpaired) electrons. The highest BCUT2D eigenvalue weighted by Gasteiger charge is 2.23. The molecule has 0 aliphatic carbocycles. The second-order valence-corrected chi connectivity index (χ2v) is 5.31. The Bertz CT molecular complexity index is 502. The molecule has 1 unspecified atom stereocenters. The summed E-state index contributed by atoms with van der Waals surface area (Å²) in [5.74, 6) is 0.456. The van der Waals surface area contributed by atoms with Crippen molar-refractivity contribution in [2.24, 2.45) is 0 Å². The monoisotopic (exact) mass is 322 g/mol. The summed E-state index contributed by atoms with van der Waals surface area (Å²) in [6, 6.07) is 6.92. The van der Waals surface area contributed by atoms with Gasteiger partial charge in [-0.05, 0) is 31.0 Å². The third-order valence-electron chi connectivity index (χ3n) is 3.59. The van der Waals surface area contributed by atoms with Gasteiger partial charge in [0.2, 0.25) is 11.8 Å². The lowest BCUT2D eigenvalue weighted by Crippen LogP contribution is -2.47. The third kappa shape index (κ3) is 6.28. The maximum Gasteiger partial charge on any atom is 0.242 e. The average molecular weight is 322 g/mol. The first kappa shape index (κ1) is 19.0. The maximum absolute atomic E-state index is 12.2. The average Bonchev–Trinajstić information content (AvgIpc) is 2.56. The largest absolute Gasteiger partial charge is 0.497 e. The van der Waals surface area contributed by atoms with E-state index in [0.29, 0.717) is 19.7 Å². The van der Waals surface area contributed by atoms with Gasteiger partial charge in [0, 0.05) is 33.7 Å². The van der Waals surface area contributed by atoms with Gasteiger partial charge < -0.3 is 19.7 Å². The van der Waals surface area contributed by atoms with E-state index in [-0.39, 0.29) is 11.8 Å². The summed E-state index contributed by atoms with van der Waals surface area (Å²) in [5, 5.41) is 2.82. The van der Waals surface area contributed by atoms with Crippen LogP contribution in [0.2, 0.25) is 0 Å². The minimum absolute atomic E-state index is 0.139. The SMILES string of the molecule is COCCCNC(=O)C(C)N(Cc1ccc(OC)cc1)C(C)=O. The van der Waals surface area contributed by atoms with Gasteiger partial charge in [-0.3, -0.25) is 9.59 Å². The highest BCUT2D eigenvalue weighted by molar-refractivity contribution is 5.86. The van der Waals surface area contributed by atoms with E-state index in [1.165, 1.54) is 6.92 Å². The number of hydrogen-bond donors (Lipinski definition) is 1. The molecule has 128 valence electrons. The van der Waals surface area contributed by atoms with Gasteiger partial charge in [0.25, 0.3) is 0 Å². The van der Waals surface area contributed by atoms with Crippen molar-refractivity contribution in [2.45, 2.75) is 32.9 Å². The lowest BCUT2D eigenvalue weighted by Gasteiger charge is -2.27. The van der Waals surface area contributed by atoms with Crippen molar-refractivity contribution in [1.29, 1.82) is 0 Å². The first-order valence-electron chi connectivity index (χ1n) is 7.66. The number of benzene rings is 1. The molecule has 2 amide bonds. The standard InChI is InChI=1S/C17H26N2O4/c1-13(17(21)18-10-5-11-22-3)19(14(2)20)12-15-6-8-16(23-4)9-7-15/h6-9,13H,5,10-12H2,1-4H3,(H,18,21). The van der Waals surface area contributed by atoms with E-state index in [1.807, 2.05) is 24.3 Å². The van der Waals surface area contributed by atoms with Crippen LogP contribution in [0.5, 0.6) is 5.75 Å². The zero-order chi connectivity index (χ0) is 17.2. The second-order valence-electron chi connectivity index (χ2n) is 5.31. The Kier molecular flexibility index (Phi) is 8.11. The molecule has 1 aromatic rings. The van der Waals surface area contributed by atoms with Gasteiger partial charge in [0.1, 0.15) is 11.8 Å². The van der Waals surface area contributed by atoms with Crippen LogP contribution in [0.3, 0.4) is 0 Å². The minimum atomic E-state index is -0.530. The van der Waals surface area contributed by atoms with Crippen LogP contribution in [0.15, 0.2) is 24.3 Å². The first-order valence-corrected chi connectivity index (χ1v) is 7.66. The Balaban J connectivity index is 2.65. The number of carbonyl (C=O) groups excluding carboxylic acids is 2. The smallest absolute Gasteiger partial charge is 0.242 e. The van der Waals surface area contributed by atoms with E-state index < -0.39 is 6.04 Å². The highest BCUT2D eigenvalue weighted by atomic mass is 16.5. The fraction of sp³-hybridized carbons (Fsp3) is 0.529. The molecule has 6 nitrogen and oxygen atoms in total. The normalized spacial score (nSPS) is 11.7. The summed E-state index contributed by atoms with van der Waals surface area (Å²) >= 11 is 0. The fourth-order valence-corrected chi connectivity index (χ4v) is 2.17. The predicted molar refractivity (Wildman–Crippen MR) is 88.2 cm³/mol. The Morgan fingerprint density at radius 1 is 1.22 bits per heavy atom. The number of methoxy groups -OCH3 is 2. The summed E-state index contributed by atoms with van der Waals surface area (Å²) in [7, 11) is 3.23. The van der Waals surface area contributed by atoms with E-state index in [1.54, 1.807) is 26.0 Å². The number of nitrogens with one attached hydrogen (secondary N) is 1. The summed E-state index contributed by atoms with van der Waals surface area (Å²) in [5.41, 5.74) is 0.944. The van der Waals surface area contributed by atoms with Crippen LogP contribution in [0.1, 0.15) is 25.8 Å².